The van der Waals surface area contributed by atoms with Crippen molar-refractivity contribution in [3.63, 3.8) is 0 Å². The van der Waals surface area contributed by atoms with E-state index in [1.807, 2.05) is 32.9 Å². The number of carbonyl (C=O) groups is 1. The van der Waals surface area contributed by atoms with Gasteiger partial charge in [-0.15, -0.1) is 0 Å². The molecule has 0 bridgehead atoms. The Morgan fingerprint density at radius 3 is 2.06 bits per heavy atom. The van der Waals surface area contributed by atoms with Crippen LogP contribution in [0.3, 0.4) is 0 Å². The van der Waals surface area contributed by atoms with Gasteiger partial charge in [-0.2, -0.15) is 22.0 Å². The third-order valence-electron chi connectivity index (χ3n) is 7.26. The summed E-state index contributed by atoms with van der Waals surface area (Å²) in [7, 11) is 0. The van der Waals surface area contributed by atoms with Crippen LogP contribution in [0.1, 0.15) is 55.1 Å². The van der Waals surface area contributed by atoms with Crippen molar-refractivity contribution in [1.82, 2.24) is 4.90 Å². The molecule has 0 aromatic heterocycles. The number of nitrogens with zero attached hydrogens (tertiary/aromatic N) is 2. The van der Waals surface area contributed by atoms with Gasteiger partial charge in [0.1, 0.15) is 17.2 Å². The Morgan fingerprint density at radius 1 is 0.944 bits per heavy atom. The number of alkyl halides is 5. The van der Waals surface area contributed by atoms with Gasteiger partial charge >= 0.3 is 12.1 Å². The molecule has 36 heavy (non-hydrogen) atoms. The zero-order valence-electron chi connectivity index (χ0n) is 20.2. The lowest BCUT2D eigenvalue weighted by atomic mass is 9.72. The minimum Gasteiger partial charge on any atom is -0.307 e. The monoisotopic (exact) mass is 516 g/mol. The van der Waals surface area contributed by atoms with Crippen molar-refractivity contribution in [3.05, 3.63) is 64.7 Å². The van der Waals surface area contributed by atoms with Crippen LogP contribution in [-0.4, -0.2) is 49.1 Å². The number of rotatable bonds is 3. The second kappa shape index (κ2) is 8.75. The number of amides is 1. The molecule has 0 saturated carbocycles. The van der Waals surface area contributed by atoms with Crippen molar-refractivity contribution in [3.8, 4) is 0 Å². The summed E-state index contributed by atoms with van der Waals surface area (Å²) >= 11 is 0. The van der Waals surface area contributed by atoms with E-state index in [1.54, 1.807) is 6.07 Å². The lowest BCUT2D eigenvalue weighted by Crippen LogP contribution is -2.52. The highest BCUT2D eigenvalue weighted by molar-refractivity contribution is 6.08. The number of fused-ring (bicyclic) bond motifs is 2. The summed E-state index contributed by atoms with van der Waals surface area (Å²) in [5, 5.41) is 0. The van der Waals surface area contributed by atoms with Crippen molar-refractivity contribution in [2.45, 2.75) is 56.5 Å². The molecule has 0 radical (unpaired) electrons. The summed E-state index contributed by atoms with van der Waals surface area (Å²) < 4.78 is 94.3. The SMILES string of the molecule is CC(C)(C)c1ccc2c(c1)C1(CCN(CC(F)(F)C(F)(F)F)CC1)CN2C(=O)c1c(F)cccc1F. The highest BCUT2D eigenvalue weighted by atomic mass is 19.4. The van der Waals surface area contributed by atoms with Gasteiger partial charge in [-0.1, -0.05) is 39.0 Å². The van der Waals surface area contributed by atoms with Crippen LogP contribution in [0.15, 0.2) is 36.4 Å². The molecule has 1 fully saturated rings. The molecule has 0 aliphatic carbocycles. The van der Waals surface area contributed by atoms with Crippen LogP contribution in [0.5, 0.6) is 0 Å². The van der Waals surface area contributed by atoms with Gasteiger partial charge in [-0.3, -0.25) is 9.69 Å². The maximum absolute atomic E-state index is 14.4. The molecule has 2 aliphatic heterocycles. The van der Waals surface area contributed by atoms with Gasteiger partial charge in [0.15, 0.2) is 0 Å². The zero-order valence-corrected chi connectivity index (χ0v) is 20.2. The summed E-state index contributed by atoms with van der Waals surface area (Å²) in [6, 6.07) is 8.60. The standard InChI is InChI=1S/C26H27F7N2O/c1-23(2,3)16-7-8-20-17(13-16)24(9-11-34(12-10-24)15-25(29,30)26(31,32)33)14-35(20)22(36)21-18(27)5-4-6-19(21)28/h4-8,13H,9-12,14-15H2,1-3H3. The summed E-state index contributed by atoms with van der Waals surface area (Å²) in [5.74, 6) is -7.70. The molecule has 196 valence electrons. The predicted molar refractivity (Wildman–Crippen MR) is 122 cm³/mol. The fourth-order valence-corrected chi connectivity index (χ4v) is 5.09. The van der Waals surface area contributed by atoms with E-state index in [0.29, 0.717) is 5.69 Å². The van der Waals surface area contributed by atoms with E-state index < -0.39 is 47.2 Å². The Kier molecular flexibility index (Phi) is 6.42. The second-order valence-electron chi connectivity index (χ2n) is 10.7. The molecule has 1 spiro atoms. The first-order valence-electron chi connectivity index (χ1n) is 11.6. The fourth-order valence-electron chi connectivity index (χ4n) is 5.09. The van der Waals surface area contributed by atoms with Crippen LogP contribution in [0.4, 0.5) is 36.4 Å². The van der Waals surface area contributed by atoms with E-state index in [-0.39, 0.29) is 37.9 Å². The number of carbonyl (C=O) groups excluding carboxylic acids is 1. The highest BCUT2D eigenvalue weighted by Gasteiger charge is 2.58. The van der Waals surface area contributed by atoms with Crippen LogP contribution in [0.2, 0.25) is 0 Å². The van der Waals surface area contributed by atoms with Crippen LogP contribution in [0.25, 0.3) is 0 Å². The normalized spacial score (nSPS) is 18.6. The average molecular weight is 517 g/mol. The van der Waals surface area contributed by atoms with Crippen LogP contribution in [-0.2, 0) is 10.8 Å². The molecule has 4 rings (SSSR count). The molecule has 2 aromatic rings. The number of hydrogen-bond donors (Lipinski definition) is 0. The summed E-state index contributed by atoms with van der Waals surface area (Å²) in [6.45, 7) is 4.51. The highest BCUT2D eigenvalue weighted by Crippen LogP contribution is 2.49. The molecule has 0 unspecified atom stereocenters. The third kappa shape index (κ3) is 4.60. The number of benzene rings is 2. The van der Waals surface area contributed by atoms with E-state index >= 15 is 0 Å². The van der Waals surface area contributed by atoms with Crippen LogP contribution < -0.4 is 4.90 Å². The van der Waals surface area contributed by atoms with Crippen molar-refractivity contribution >= 4 is 11.6 Å². The molecule has 0 N–H and O–H groups in total. The molecule has 1 amide bonds. The second-order valence-corrected chi connectivity index (χ2v) is 10.7. The molecular weight excluding hydrogens is 489 g/mol. The first-order chi connectivity index (χ1) is 16.6. The number of piperidine rings is 1. The van der Waals surface area contributed by atoms with E-state index in [0.717, 1.165) is 34.2 Å². The maximum atomic E-state index is 14.4. The lowest BCUT2D eigenvalue weighted by molar-refractivity contribution is -0.287. The number of anilines is 1. The molecular formula is C26H27F7N2O. The minimum absolute atomic E-state index is 0.0407. The van der Waals surface area contributed by atoms with Gasteiger partial charge in [0.25, 0.3) is 5.91 Å². The molecule has 3 nitrogen and oxygen atoms in total. The Morgan fingerprint density at radius 2 is 1.53 bits per heavy atom. The Balaban J connectivity index is 1.69. The van der Waals surface area contributed by atoms with Gasteiger partial charge in [0, 0.05) is 17.6 Å². The summed E-state index contributed by atoms with van der Waals surface area (Å²) in [4.78, 5) is 15.7. The predicted octanol–water partition coefficient (Wildman–Crippen LogP) is 6.45. The summed E-state index contributed by atoms with van der Waals surface area (Å²) in [5.41, 5.74) is 0.450. The van der Waals surface area contributed by atoms with Crippen molar-refractivity contribution in [2.24, 2.45) is 0 Å². The minimum atomic E-state index is -5.64. The largest absolute Gasteiger partial charge is 0.454 e. The Hall–Kier alpha value is -2.62. The molecule has 1 saturated heterocycles. The smallest absolute Gasteiger partial charge is 0.307 e. The van der Waals surface area contributed by atoms with E-state index in [4.69, 9.17) is 0 Å². The first kappa shape index (κ1) is 26.4. The number of hydrogen-bond acceptors (Lipinski definition) is 2. The van der Waals surface area contributed by atoms with Crippen LogP contribution >= 0.6 is 0 Å². The number of likely N-dealkylation sites (tertiary alicyclic amines) is 1. The van der Waals surface area contributed by atoms with Crippen molar-refractivity contribution in [2.75, 3.05) is 31.1 Å². The molecule has 2 heterocycles. The molecule has 0 atom stereocenters. The van der Waals surface area contributed by atoms with Crippen LogP contribution in [0, 0.1) is 11.6 Å². The zero-order chi connectivity index (χ0) is 26.7. The van der Waals surface area contributed by atoms with Crippen molar-refractivity contribution in [1.29, 1.82) is 0 Å². The maximum Gasteiger partial charge on any atom is 0.454 e. The average Bonchev–Trinajstić information content (AvgIpc) is 3.07. The number of halogens is 7. The Bertz CT molecular complexity index is 1140. The van der Waals surface area contributed by atoms with E-state index in [1.165, 1.54) is 4.90 Å². The summed E-state index contributed by atoms with van der Waals surface area (Å²) in [6.07, 6.45) is -5.22. The van der Waals surface area contributed by atoms with Gasteiger partial charge < -0.3 is 4.90 Å². The molecule has 10 heteroatoms. The molecule has 2 aromatic carbocycles. The molecule has 2 aliphatic rings. The van der Waals surface area contributed by atoms with Gasteiger partial charge in [0.05, 0.1) is 6.54 Å². The first-order valence-corrected chi connectivity index (χ1v) is 11.6. The quantitative estimate of drug-likeness (QED) is 0.438. The van der Waals surface area contributed by atoms with E-state index in [2.05, 4.69) is 0 Å². The fraction of sp³-hybridized carbons (Fsp3) is 0.500. The lowest BCUT2D eigenvalue weighted by Gasteiger charge is -2.41. The van der Waals surface area contributed by atoms with Crippen molar-refractivity contribution < 1.29 is 35.5 Å². The van der Waals surface area contributed by atoms with Gasteiger partial charge in [0.2, 0.25) is 0 Å². The van der Waals surface area contributed by atoms with E-state index in [9.17, 15) is 35.5 Å². The van der Waals surface area contributed by atoms with Gasteiger partial charge in [-0.25, -0.2) is 8.78 Å². The van der Waals surface area contributed by atoms with Gasteiger partial charge in [-0.05, 0) is 60.7 Å². The topological polar surface area (TPSA) is 23.6 Å². The third-order valence-corrected chi connectivity index (χ3v) is 7.26. The Labute approximate surface area is 204 Å².